The minimum absolute atomic E-state index is 0.0661. The van der Waals surface area contributed by atoms with Gasteiger partial charge in [0, 0.05) is 17.1 Å². The van der Waals surface area contributed by atoms with E-state index in [0.29, 0.717) is 10.6 Å². The molecule has 0 bridgehead atoms. The Morgan fingerprint density at radius 3 is 2.94 bits per heavy atom. The quantitative estimate of drug-likeness (QED) is 0.237. The van der Waals surface area contributed by atoms with Gasteiger partial charge in [0.25, 0.3) is 0 Å². The van der Waals surface area contributed by atoms with Crippen molar-refractivity contribution >= 4 is 29.2 Å². The van der Waals surface area contributed by atoms with E-state index in [4.69, 9.17) is 22.5 Å². The van der Waals surface area contributed by atoms with Gasteiger partial charge in [0.05, 0.1) is 0 Å². The van der Waals surface area contributed by atoms with Gasteiger partial charge in [-0.05, 0) is 36.6 Å². The van der Waals surface area contributed by atoms with Crippen LogP contribution in [-0.4, -0.2) is 29.6 Å². The van der Waals surface area contributed by atoms with Crippen molar-refractivity contribution < 1.29 is 5.21 Å². The summed E-state index contributed by atoms with van der Waals surface area (Å²) >= 11 is 7.98. The standard InChI is InChI=1S/C12H18ClN3OS/c1-18-6-2-5-15-8-10-4-3-9(7-11(10)13)12(14)16-17/h3-4,7,15,17H,2,5-6,8H2,1H3,(H2,14,16). The molecule has 0 spiro atoms. The molecule has 1 aromatic rings. The first kappa shape index (κ1) is 15.1. The largest absolute Gasteiger partial charge is 0.409 e. The van der Waals surface area contributed by atoms with Crippen molar-refractivity contribution in [1.29, 1.82) is 0 Å². The first-order chi connectivity index (χ1) is 8.69. The van der Waals surface area contributed by atoms with Gasteiger partial charge in [-0.25, -0.2) is 0 Å². The summed E-state index contributed by atoms with van der Waals surface area (Å²) in [6.45, 7) is 1.70. The second-order valence-electron chi connectivity index (χ2n) is 3.81. The van der Waals surface area contributed by atoms with E-state index in [1.165, 1.54) is 0 Å². The third kappa shape index (κ3) is 4.76. The molecular weight excluding hydrogens is 270 g/mol. The lowest BCUT2D eigenvalue weighted by molar-refractivity contribution is 0.318. The predicted octanol–water partition coefficient (Wildman–Crippen LogP) is 2.28. The molecule has 0 aliphatic carbocycles. The third-order valence-corrected chi connectivity index (χ3v) is 3.52. The summed E-state index contributed by atoms with van der Waals surface area (Å²) < 4.78 is 0. The minimum atomic E-state index is 0.0661. The number of amidine groups is 1. The van der Waals surface area contributed by atoms with Gasteiger partial charge < -0.3 is 16.3 Å². The van der Waals surface area contributed by atoms with Gasteiger partial charge in [-0.15, -0.1) is 0 Å². The topological polar surface area (TPSA) is 70.6 Å². The molecule has 0 unspecified atom stereocenters. The summed E-state index contributed by atoms with van der Waals surface area (Å²) in [4.78, 5) is 0. The number of nitrogens with one attached hydrogen (secondary N) is 1. The number of oxime groups is 1. The second-order valence-corrected chi connectivity index (χ2v) is 5.21. The molecule has 18 heavy (non-hydrogen) atoms. The molecule has 0 aliphatic rings. The molecule has 0 heterocycles. The number of hydrogen-bond acceptors (Lipinski definition) is 4. The molecule has 0 radical (unpaired) electrons. The van der Waals surface area contributed by atoms with Crippen LogP contribution >= 0.6 is 23.4 Å². The fraction of sp³-hybridized carbons (Fsp3) is 0.417. The first-order valence-electron chi connectivity index (χ1n) is 5.65. The SMILES string of the molecule is CSCCCNCc1ccc(/C(N)=N/O)cc1Cl. The van der Waals surface area contributed by atoms with E-state index < -0.39 is 0 Å². The summed E-state index contributed by atoms with van der Waals surface area (Å²) in [7, 11) is 0. The third-order valence-electron chi connectivity index (χ3n) is 2.47. The van der Waals surface area contributed by atoms with Crippen LogP contribution in [0.3, 0.4) is 0 Å². The van der Waals surface area contributed by atoms with Crippen molar-refractivity contribution in [3.8, 4) is 0 Å². The van der Waals surface area contributed by atoms with Gasteiger partial charge in [-0.2, -0.15) is 11.8 Å². The predicted molar refractivity (Wildman–Crippen MR) is 78.7 cm³/mol. The zero-order valence-corrected chi connectivity index (χ0v) is 11.9. The van der Waals surface area contributed by atoms with E-state index in [1.807, 2.05) is 17.8 Å². The van der Waals surface area contributed by atoms with Crippen molar-refractivity contribution in [3.63, 3.8) is 0 Å². The molecule has 0 saturated heterocycles. The van der Waals surface area contributed by atoms with E-state index in [2.05, 4.69) is 16.7 Å². The van der Waals surface area contributed by atoms with Crippen molar-refractivity contribution in [2.24, 2.45) is 10.9 Å². The number of nitrogens with two attached hydrogens (primary N) is 1. The summed E-state index contributed by atoms with van der Waals surface area (Å²) in [5.41, 5.74) is 7.12. The van der Waals surface area contributed by atoms with Gasteiger partial charge in [0.2, 0.25) is 0 Å². The molecule has 0 fully saturated rings. The van der Waals surface area contributed by atoms with Gasteiger partial charge in [0.1, 0.15) is 0 Å². The Balaban J connectivity index is 2.52. The van der Waals surface area contributed by atoms with Crippen LogP contribution in [-0.2, 0) is 6.54 Å². The molecular formula is C12H18ClN3OS. The molecule has 4 nitrogen and oxygen atoms in total. The molecule has 0 aromatic heterocycles. The monoisotopic (exact) mass is 287 g/mol. The number of benzene rings is 1. The van der Waals surface area contributed by atoms with Crippen LogP contribution < -0.4 is 11.1 Å². The molecule has 0 aliphatic heterocycles. The molecule has 0 atom stereocenters. The highest BCUT2D eigenvalue weighted by molar-refractivity contribution is 7.98. The van der Waals surface area contributed by atoms with Crippen molar-refractivity contribution in [1.82, 2.24) is 5.32 Å². The summed E-state index contributed by atoms with van der Waals surface area (Å²) in [6, 6.07) is 5.38. The highest BCUT2D eigenvalue weighted by Crippen LogP contribution is 2.17. The highest BCUT2D eigenvalue weighted by Gasteiger charge is 2.04. The average Bonchev–Trinajstić information content (AvgIpc) is 2.39. The van der Waals surface area contributed by atoms with E-state index in [9.17, 15) is 0 Å². The highest BCUT2D eigenvalue weighted by atomic mass is 35.5. The summed E-state index contributed by atoms with van der Waals surface area (Å²) in [6.07, 6.45) is 3.24. The van der Waals surface area contributed by atoms with Crippen LogP contribution in [0.5, 0.6) is 0 Å². The van der Waals surface area contributed by atoms with E-state index >= 15 is 0 Å². The Labute approximate surface area is 117 Å². The molecule has 0 amide bonds. The zero-order chi connectivity index (χ0) is 13.4. The lowest BCUT2D eigenvalue weighted by atomic mass is 10.1. The Bertz CT molecular complexity index is 412. The van der Waals surface area contributed by atoms with Gasteiger partial charge in [-0.3, -0.25) is 0 Å². The van der Waals surface area contributed by atoms with E-state index in [0.717, 1.165) is 30.8 Å². The number of nitrogens with zero attached hydrogens (tertiary/aromatic N) is 1. The summed E-state index contributed by atoms with van der Waals surface area (Å²) in [5.74, 6) is 1.22. The maximum absolute atomic E-state index is 8.58. The number of hydrogen-bond donors (Lipinski definition) is 3. The molecule has 100 valence electrons. The molecule has 0 saturated carbocycles. The van der Waals surface area contributed by atoms with Crippen LogP contribution in [0.25, 0.3) is 0 Å². The molecule has 6 heteroatoms. The van der Waals surface area contributed by atoms with Crippen LogP contribution in [0.2, 0.25) is 5.02 Å². The van der Waals surface area contributed by atoms with Crippen LogP contribution in [0.15, 0.2) is 23.4 Å². The first-order valence-corrected chi connectivity index (χ1v) is 7.42. The second kappa shape index (κ2) is 8.24. The van der Waals surface area contributed by atoms with Gasteiger partial charge in [0.15, 0.2) is 5.84 Å². The van der Waals surface area contributed by atoms with E-state index in [1.54, 1.807) is 12.1 Å². The minimum Gasteiger partial charge on any atom is -0.409 e. The number of rotatable bonds is 7. The lowest BCUT2D eigenvalue weighted by Gasteiger charge is -2.08. The Morgan fingerprint density at radius 1 is 1.56 bits per heavy atom. The smallest absolute Gasteiger partial charge is 0.170 e. The van der Waals surface area contributed by atoms with Gasteiger partial charge in [-0.1, -0.05) is 28.9 Å². The molecule has 1 aromatic carbocycles. The molecule has 4 N–H and O–H groups in total. The fourth-order valence-electron chi connectivity index (χ4n) is 1.47. The maximum Gasteiger partial charge on any atom is 0.170 e. The fourth-order valence-corrected chi connectivity index (χ4v) is 2.15. The average molecular weight is 288 g/mol. The van der Waals surface area contributed by atoms with E-state index in [-0.39, 0.29) is 5.84 Å². The Hall–Kier alpha value is -0.910. The Kier molecular flexibility index (Phi) is 6.93. The maximum atomic E-state index is 8.58. The normalized spacial score (nSPS) is 11.8. The molecule has 1 rings (SSSR count). The van der Waals surface area contributed by atoms with Crippen LogP contribution in [0.1, 0.15) is 17.5 Å². The van der Waals surface area contributed by atoms with Crippen molar-refractivity contribution in [2.45, 2.75) is 13.0 Å². The lowest BCUT2D eigenvalue weighted by Crippen LogP contribution is -2.16. The van der Waals surface area contributed by atoms with Crippen molar-refractivity contribution in [2.75, 3.05) is 18.6 Å². The number of thioether (sulfide) groups is 1. The summed E-state index contributed by atoms with van der Waals surface area (Å²) in [5, 5.41) is 15.5. The number of halogens is 1. The van der Waals surface area contributed by atoms with Gasteiger partial charge >= 0.3 is 0 Å². The van der Waals surface area contributed by atoms with Crippen LogP contribution in [0.4, 0.5) is 0 Å². The van der Waals surface area contributed by atoms with Crippen molar-refractivity contribution in [3.05, 3.63) is 34.3 Å². The zero-order valence-electron chi connectivity index (χ0n) is 10.3. The Morgan fingerprint density at radius 2 is 2.33 bits per heavy atom. The van der Waals surface area contributed by atoms with Crippen LogP contribution in [0, 0.1) is 0 Å².